The molecule has 76 valence electrons. The van der Waals surface area contributed by atoms with Gasteiger partial charge in [0.25, 0.3) is 0 Å². The van der Waals surface area contributed by atoms with Crippen LogP contribution in [0.5, 0.6) is 0 Å². The normalized spacial score (nSPS) is 10.2. The maximum Gasteiger partial charge on any atom is 0.371 e. The smallest absolute Gasteiger partial charge is 0.371 e. The number of carboxylic acid groups (broad SMARTS) is 1. The third-order valence-corrected chi connectivity index (χ3v) is 1.98. The SMILES string of the molecule is Cc1ccnc(-c2ccc(C(=O)O)o2)c1. The zero-order chi connectivity index (χ0) is 10.8. The molecule has 0 bridgehead atoms. The lowest BCUT2D eigenvalue weighted by Crippen LogP contribution is -1.91. The van der Waals surface area contributed by atoms with Crippen molar-refractivity contribution >= 4 is 5.97 Å². The quantitative estimate of drug-likeness (QED) is 0.813. The fourth-order valence-electron chi connectivity index (χ4n) is 1.26. The van der Waals surface area contributed by atoms with Gasteiger partial charge in [-0.05, 0) is 36.8 Å². The van der Waals surface area contributed by atoms with E-state index in [1.807, 2.05) is 19.1 Å². The number of aromatic carboxylic acids is 1. The molecule has 2 aromatic heterocycles. The molecular weight excluding hydrogens is 194 g/mol. The molecule has 0 fully saturated rings. The van der Waals surface area contributed by atoms with Crippen LogP contribution in [-0.2, 0) is 0 Å². The molecule has 0 spiro atoms. The van der Waals surface area contributed by atoms with E-state index >= 15 is 0 Å². The van der Waals surface area contributed by atoms with Gasteiger partial charge in [-0.15, -0.1) is 0 Å². The van der Waals surface area contributed by atoms with E-state index in [0.717, 1.165) is 5.56 Å². The second-order valence-corrected chi connectivity index (χ2v) is 3.19. The predicted molar refractivity (Wildman–Crippen MR) is 53.6 cm³/mol. The van der Waals surface area contributed by atoms with Crippen molar-refractivity contribution in [2.45, 2.75) is 6.92 Å². The lowest BCUT2D eigenvalue weighted by atomic mass is 10.2. The largest absolute Gasteiger partial charge is 0.475 e. The van der Waals surface area contributed by atoms with Crippen LogP contribution < -0.4 is 0 Å². The van der Waals surface area contributed by atoms with Crippen LogP contribution in [0.2, 0.25) is 0 Å². The minimum atomic E-state index is -1.08. The van der Waals surface area contributed by atoms with Gasteiger partial charge in [0.15, 0.2) is 5.76 Å². The van der Waals surface area contributed by atoms with Crippen molar-refractivity contribution in [3.8, 4) is 11.5 Å². The molecule has 4 nitrogen and oxygen atoms in total. The summed E-state index contributed by atoms with van der Waals surface area (Å²) in [5, 5.41) is 8.69. The number of aryl methyl sites for hydroxylation is 1. The van der Waals surface area contributed by atoms with Crippen LogP contribution in [-0.4, -0.2) is 16.1 Å². The minimum Gasteiger partial charge on any atom is -0.475 e. The zero-order valence-electron chi connectivity index (χ0n) is 8.10. The first-order valence-electron chi connectivity index (χ1n) is 4.43. The highest BCUT2D eigenvalue weighted by Crippen LogP contribution is 2.20. The Kier molecular flexibility index (Phi) is 2.25. The van der Waals surface area contributed by atoms with Crippen LogP contribution in [0.1, 0.15) is 16.1 Å². The van der Waals surface area contributed by atoms with Gasteiger partial charge in [0, 0.05) is 6.20 Å². The van der Waals surface area contributed by atoms with Crippen LogP contribution in [0, 0.1) is 6.92 Å². The predicted octanol–water partition coefficient (Wildman–Crippen LogP) is 2.35. The minimum absolute atomic E-state index is 0.0756. The first-order valence-corrected chi connectivity index (χ1v) is 4.43. The Morgan fingerprint density at radius 3 is 2.80 bits per heavy atom. The highest BCUT2D eigenvalue weighted by Gasteiger charge is 2.10. The summed E-state index contributed by atoms with van der Waals surface area (Å²) in [5.74, 6) is -0.682. The summed E-state index contributed by atoms with van der Waals surface area (Å²) in [6.45, 7) is 1.94. The number of rotatable bonds is 2. The van der Waals surface area contributed by atoms with E-state index in [1.165, 1.54) is 6.07 Å². The molecule has 1 N–H and O–H groups in total. The van der Waals surface area contributed by atoms with Crippen molar-refractivity contribution in [1.82, 2.24) is 4.98 Å². The van der Waals surface area contributed by atoms with Crippen molar-refractivity contribution in [3.63, 3.8) is 0 Å². The number of hydrogen-bond donors (Lipinski definition) is 1. The van der Waals surface area contributed by atoms with Gasteiger partial charge in [0.1, 0.15) is 5.69 Å². The molecule has 0 amide bonds. The average Bonchev–Trinajstić information content (AvgIpc) is 2.66. The molecule has 0 saturated heterocycles. The Labute approximate surface area is 86.2 Å². The molecule has 4 heteroatoms. The first-order chi connectivity index (χ1) is 7.16. The van der Waals surface area contributed by atoms with Crippen LogP contribution >= 0.6 is 0 Å². The molecule has 0 aromatic carbocycles. The lowest BCUT2D eigenvalue weighted by molar-refractivity contribution is 0.0663. The molecule has 2 rings (SSSR count). The second-order valence-electron chi connectivity index (χ2n) is 3.19. The van der Waals surface area contributed by atoms with Crippen molar-refractivity contribution in [1.29, 1.82) is 0 Å². The summed E-state index contributed by atoms with van der Waals surface area (Å²) in [5.41, 5.74) is 1.69. The molecule has 0 radical (unpaired) electrons. The molecule has 0 atom stereocenters. The van der Waals surface area contributed by atoms with Gasteiger partial charge in [0.05, 0.1) is 0 Å². The molecule has 0 saturated carbocycles. The van der Waals surface area contributed by atoms with Crippen molar-refractivity contribution in [2.24, 2.45) is 0 Å². The second kappa shape index (κ2) is 3.57. The molecule has 0 aliphatic carbocycles. The third-order valence-electron chi connectivity index (χ3n) is 1.98. The number of hydrogen-bond acceptors (Lipinski definition) is 3. The van der Waals surface area contributed by atoms with Crippen LogP contribution in [0.15, 0.2) is 34.9 Å². The van der Waals surface area contributed by atoms with Gasteiger partial charge >= 0.3 is 5.97 Å². The highest BCUT2D eigenvalue weighted by molar-refractivity contribution is 5.85. The topological polar surface area (TPSA) is 63.3 Å². The van der Waals surface area contributed by atoms with Gasteiger partial charge in [-0.3, -0.25) is 4.98 Å². The van der Waals surface area contributed by atoms with E-state index in [4.69, 9.17) is 9.52 Å². The Morgan fingerprint density at radius 2 is 2.20 bits per heavy atom. The third kappa shape index (κ3) is 1.88. The standard InChI is InChI=1S/C11H9NO3/c1-7-4-5-12-8(6-7)9-2-3-10(15-9)11(13)14/h2-6H,1H3,(H,13,14). The molecule has 2 heterocycles. The highest BCUT2D eigenvalue weighted by atomic mass is 16.4. The molecule has 0 aliphatic rings. The van der Waals surface area contributed by atoms with E-state index in [2.05, 4.69) is 4.98 Å². The number of furan rings is 1. The molecular formula is C11H9NO3. The fourth-order valence-corrected chi connectivity index (χ4v) is 1.26. The molecule has 2 aromatic rings. The summed E-state index contributed by atoms with van der Waals surface area (Å²) in [6, 6.07) is 6.72. The van der Waals surface area contributed by atoms with Gasteiger partial charge < -0.3 is 9.52 Å². The number of carbonyl (C=O) groups is 1. The van der Waals surface area contributed by atoms with E-state index in [-0.39, 0.29) is 5.76 Å². The number of nitrogens with zero attached hydrogens (tertiary/aromatic N) is 1. The van der Waals surface area contributed by atoms with Crippen LogP contribution in [0.25, 0.3) is 11.5 Å². The molecule has 15 heavy (non-hydrogen) atoms. The van der Waals surface area contributed by atoms with E-state index in [0.29, 0.717) is 11.5 Å². The van der Waals surface area contributed by atoms with Gasteiger partial charge in [-0.1, -0.05) is 0 Å². The molecule has 0 aliphatic heterocycles. The van der Waals surface area contributed by atoms with E-state index in [1.54, 1.807) is 12.3 Å². The Morgan fingerprint density at radius 1 is 1.40 bits per heavy atom. The van der Waals surface area contributed by atoms with Crippen LogP contribution in [0.3, 0.4) is 0 Å². The Hall–Kier alpha value is -2.10. The van der Waals surface area contributed by atoms with Gasteiger partial charge in [0.2, 0.25) is 5.76 Å². The monoisotopic (exact) mass is 203 g/mol. The molecule has 0 unspecified atom stereocenters. The lowest BCUT2D eigenvalue weighted by Gasteiger charge is -1.96. The van der Waals surface area contributed by atoms with Crippen molar-refractivity contribution in [3.05, 3.63) is 41.8 Å². The maximum atomic E-state index is 10.6. The van der Waals surface area contributed by atoms with E-state index < -0.39 is 5.97 Å². The fraction of sp³-hybridized carbons (Fsp3) is 0.0909. The van der Waals surface area contributed by atoms with E-state index in [9.17, 15) is 4.79 Å². The summed E-state index contributed by atoms with van der Waals surface area (Å²) in [4.78, 5) is 14.7. The van der Waals surface area contributed by atoms with Crippen LogP contribution in [0.4, 0.5) is 0 Å². The number of pyridine rings is 1. The summed E-state index contributed by atoms with van der Waals surface area (Å²) < 4.78 is 5.12. The van der Waals surface area contributed by atoms with Crippen molar-refractivity contribution < 1.29 is 14.3 Å². The Balaban J connectivity index is 2.41. The average molecular weight is 203 g/mol. The number of aromatic nitrogens is 1. The first kappa shape index (κ1) is 9.45. The van der Waals surface area contributed by atoms with Crippen molar-refractivity contribution in [2.75, 3.05) is 0 Å². The summed E-state index contributed by atoms with van der Waals surface area (Å²) in [7, 11) is 0. The summed E-state index contributed by atoms with van der Waals surface area (Å²) >= 11 is 0. The van der Waals surface area contributed by atoms with Gasteiger partial charge in [-0.2, -0.15) is 0 Å². The Bertz CT molecular complexity index is 502. The zero-order valence-corrected chi connectivity index (χ0v) is 8.10. The number of carboxylic acids is 1. The maximum absolute atomic E-state index is 10.6. The van der Waals surface area contributed by atoms with Gasteiger partial charge in [-0.25, -0.2) is 4.79 Å². The summed E-state index contributed by atoms with van der Waals surface area (Å²) in [6.07, 6.45) is 1.66.